The van der Waals surface area contributed by atoms with Crippen LogP contribution in [0.5, 0.6) is 0 Å². The van der Waals surface area contributed by atoms with Crippen LogP contribution in [0.3, 0.4) is 0 Å². The highest BCUT2D eigenvalue weighted by Crippen LogP contribution is 2.15. The summed E-state index contributed by atoms with van der Waals surface area (Å²) in [5, 5.41) is 8.01. The van der Waals surface area contributed by atoms with Crippen LogP contribution < -0.4 is 16.0 Å². The number of hydrogen-bond acceptors (Lipinski definition) is 2. The Morgan fingerprint density at radius 2 is 1.76 bits per heavy atom. The van der Waals surface area contributed by atoms with E-state index in [4.69, 9.17) is 0 Å². The van der Waals surface area contributed by atoms with E-state index in [1.54, 1.807) is 19.1 Å². The number of nitrogens with one attached hydrogen (secondary N) is 3. The molecule has 0 bridgehead atoms. The summed E-state index contributed by atoms with van der Waals surface area (Å²) in [5.74, 6) is -0.630. The van der Waals surface area contributed by atoms with Gasteiger partial charge in [0.05, 0.1) is 12.6 Å². The predicted molar refractivity (Wildman–Crippen MR) is 95.8 cm³/mol. The topological polar surface area (TPSA) is 70.2 Å². The molecule has 0 spiro atoms. The quantitative estimate of drug-likeness (QED) is 0.752. The Morgan fingerprint density at radius 1 is 1.08 bits per heavy atom. The fraction of sp³-hybridized carbons (Fsp3) is 0.263. The van der Waals surface area contributed by atoms with Crippen LogP contribution in [0.2, 0.25) is 0 Å². The van der Waals surface area contributed by atoms with Crippen molar-refractivity contribution in [1.82, 2.24) is 10.6 Å². The zero-order valence-electron chi connectivity index (χ0n) is 14.3. The lowest BCUT2D eigenvalue weighted by Gasteiger charge is -2.15. The fourth-order valence-corrected chi connectivity index (χ4v) is 2.39. The van der Waals surface area contributed by atoms with Crippen LogP contribution in [0.15, 0.2) is 48.5 Å². The number of halogens is 1. The number of anilines is 1. The Bertz CT molecular complexity index is 732. The summed E-state index contributed by atoms with van der Waals surface area (Å²) in [7, 11) is 0. The summed E-state index contributed by atoms with van der Waals surface area (Å²) in [6.45, 7) is 3.65. The van der Waals surface area contributed by atoms with Gasteiger partial charge in [-0.25, -0.2) is 9.18 Å². The van der Waals surface area contributed by atoms with Gasteiger partial charge in [0.25, 0.3) is 0 Å². The smallest absolute Gasteiger partial charge is 0.315 e. The molecule has 3 N–H and O–H groups in total. The number of aryl methyl sites for hydroxylation is 1. The van der Waals surface area contributed by atoms with Gasteiger partial charge in [-0.2, -0.15) is 0 Å². The minimum Gasteiger partial charge on any atom is -0.332 e. The molecule has 5 nitrogen and oxygen atoms in total. The molecule has 2 aromatic rings. The van der Waals surface area contributed by atoms with Crippen molar-refractivity contribution < 1.29 is 14.0 Å². The molecule has 0 heterocycles. The van der Waals surface area contributed by atoms with Crippen LogP contribution in [0.25, 0.3) is 0 Å². The minimum atomic E-state index is -0.462. The number of benzene rings is 2. The zero-order valence-corrected chi connectivity index (χ0v) is 14.3. The van der Waals surface area contributed by atoms with Crippen LogP contribution in [0, 0.1) is 5.82 Å². The van der Waals surface area contributed by atoms with Crippen LogP contribution in [-0.2, 0) is 11.2 Å². The van der Waals surface area contributed by atoms with Gasteiger partial charge in [-0.3, -0.25) is 4.79 Å². The summed E-state index contributed by atoms with van der Waals surface area (Å²) in [5.41, 5.74) is 2.56. The van der Waals surface area contributed by atoms with Crippen molar-refractivity contribution in [2.24, 2.45) is 0 Å². The first-order chi connectivity index (χ1) is 12.0. The second-order valence-corrected chi connectivity index (χ2v) is 5.66. The van der Waals surface area contributed by atoms with Crippen molar-refractivity contribution in [1.29, 1.82) is 0 Å². The molecule has 0 aliphatic carbocycles. The maximum Gasteiger partial charge on any atom is 0.315 e. The third kappa shape index (κ3) is 5.60. The van der Waals surface area contributed by atoms with E-state index < -0.39 is 6.03 Å². The molecule has 2 aromatic carbocycles. The van der Waals surface area contributed by atoms with E-state index in [1.807, 2.05) is 31.2 Å². The third-order valence-electron chi connectivity index (χ3n) is 3.80. The van der Waals surface area contributed by atoms with Gasteiger partial charge >= 0.3 is 6.03 Å². The van der Waals surface area contributed by atoms with E-state index in [2.05, 4.69) is 16.0 Å². The van der Waals surface area contributed by atoms with Gasteiger partial charge in [0.2, 0.25) is 5.91 Å². The van der Waals surface area contributed by atoms with E-state index in [0.717, 1.165) is 23.2 Å². The molecule has 0 aliphatic rings. The summed E-state index contributed by atoms with van der Waals surface area (Å²) in [6.07, 6.45) is 0.805. The fourth-order valence-electron chi connectivity index (χ4n) is 2.39. The van der Waals surface area contributed by atoms with E-state index in [-0.39, 0.29) is 24.3 Å². The number of hydrogen-bond donors (Lipinski definition) is 3. The molecule has 0 fully saturated rings. The van der Waals surface area contributed by atoms with E-state index in [0.29, 0.717) is 0 Å². The lowest BCUT2D eigenvalue weighted by molar-refractivity contribution is -0.115. The standard InChI is InChI=1S/C19H22FN3O2/c1-3-14-6-4-5-7-17(14)23-18(24)12-21-19(25)22-13(2)15-8-10-16(20)11-9-15/h4-11,13H,3,12H2,1-2H3,(H,23,24)(H2,21,22,25). The van der Waals surface area contributed by atoms with E-state index in [9.17, 15) is 14.0 Å². The molecule has 25 heavy (non-hydrogen) atoms. The molecule has 0 aliphatic heterocycles. The maximum absolute atomic E-state index is 12.9. The first-order valence-corrected chi connectivity index (χ1v) is 8.17. The lowest BCUT2D eigenvalue weighted by atomic mass is 10.1. The van der Waals surface area contributed by atoms with Crippen molar-refractivity contribution in [3.05, 3.63) is 65.5 Å². The van der Waals surface area contributed by atoms with Crippen LogP contribution >= 0.6 is 0 Å². The number of urea groups is 1. The Hall–Kier alpha value is -2.89. The summed E-state index contributed by atoms with van der Waals surface area (Å²) < 4.78 is 12.9. The van der Waals surface area contributed by atoms with Crippen molar-refractivity contribution in [2.45, 2.75) is 26.3 Å². The molecule has 0 aromatic heterocycles. The Balaban J connectivity index is 1.81. The van der Waals surface area contributed by atoms with Gasteiger partial charge in [-0.15, -0.1) is 0 Å². The average molecular weight is 343 g/mol. The van der Waals surface area contributed by atoms with Gasteiger partial charge in [-0.05, 0) is 42.7 Å². The molecule has 0 radical (unpaired) electrons. The highest BCUT2D eigenvalue weighted by Gasteiger charge is 2.11. The molecule has 3 amide bonds. The molecule has 1 unspecified atom stereocenters. The van der Waals surface area contributed by atoms with Gasteiger partial charge < -0.3 is 16.0 Å². The van der Waals surface area contributed by atoms with Gasteiger partial charge in [-0.1, -0.05) is 37.3 Å². The van der Waals surface area contributed by atoms with Crippen LogP contribution in [-0.4, -0.2) is 18.5 Å². The van der Waals surface area contributed by atoms with Crippen LogP contribution in [0.1, 0.15) is 31.0 Å². The number of amides is 3. The monoisotopic (exact) mass is 343 g/mol. The second-order valence-electron chi connectivity index (χ2n) is 5.66. The molecular formula is C19H22FN3O2. The molecule has 2 rings (SSSR count). The highest BCUT2D eigenvalue weighted by atomic mass is 19.1. The zero-order chi connectivity index (χ0) is 18.2. The van der Waals surface area contributed by atoms with Crippen LogP contribution in [0.4, 0.5) is 14.9 Å². The van der Waals surface area contributed by atoms with Gasteiger partial charge in [0.1, 0.15) is 5.82 Å². The summed E-state index contributed by atoms with van der Waals surface area (Å²) >= 11 is 0. The van der Waals surface area contributed by atoms with Crippen molar-refractivity contribution >= 4 is 17.6 Å². The van der Waals surface area contributed by atoms with E-state index >= 15 is 0 Å². The Labute approximate surface area is 146 Å². The van der Waals surface area contributed by atoms with Gasteiger partial charge in [0, 0.05) is 5.69 Å². The first kappa shape index (κ1) is 18.4. The summed E-state index contributed by atoms with van der Waals surface area (Å²) in [4.78, 5) is 23.9. The highest BCUT2D eigenvalue weighted by molar-refractivity contribution is 5.94. The minimum absolute atomic E-state index is 0.139. The molecule has 0 saturated heterocycles. The number of para-hydroxylation sites is 1. The molecule has 6 heteroatoms. The van der Waals surface area contributed by atoms with Crippen molar-refractivity contribution in [2.75, 3.05) is 11.9 Å². The number of carbonyl (C=O) groups excluding carboxylic acids is 2. The second kappa shape index (κ2) is 8.82. The van der Waals surface area contributed by atoms with Gasteiger partial charge in [0.15, 0.2) is 0 Å². The number of carbonyl (C=O) groups is 2. The van der Waals surface area contributed by atoms with E-state index in [1.165, 1.54) is 12.1 Å². The normalized spacial score (nSPS) is 11.5. The maximum atomic E-state index is 12.9. The molecular weight excluding hydrogens is 321 g/mol. The third-order valence-corrected chi connectivity index (χ3v) is 3.80. The average Bonchev–Trinajstić information content (AvgIpc) is 2.61. The SMILES string of the molecule is CCc1ccccc1NC(=O)CNC(=O)NC(C)c1ccc(F)cc1. The van der Waals surface area contributed by atoms with Crippen molar-refractivity contribution in [3.63, 3.8) is 0 Å². The number of rotatable bonds is 6. The predicted octanol–water partition coefficient (Wildman–Crippen LogP) is 3.39. The Morgan fingerprint density at radius 3 is 2.44 bits per heavy atom. The largest absolute Gasteiger partial charge is 0.332 e. The lowest BCUT2D eigenvalue weighted by Crippen LogP contribution is -2.41. The molecule has 0 saturated carbocycles. The molecule has 1 atom stereocenters. The Kier molecular flexibility index (Phi) is 6.51. The van der Waals surface area contributed by atoms with Crippen molar-refractivity contribution in [3.8, 4) is 0 Å². The summed E-state index contributed by atoms with van der Waals surface area (Å²) in [6, 6.07) is 12.7. The molecule has 132 valence electrons. The first-order valence-electron chi connectivity index (χ1n) is 8.17.